The third-order valence-electron chi connectivity index (χ3n) is 3.45. The number of hydrogen-bond donors (Lipinski definition) is 2. The molecule has 2 N–H and O–H groups in total. The molecule has 1 unspecified atom stereocenters. The van der Waals surface area contributed by atoms with Crippen molar-refractivity contribution in [2.45, 2.75) is 64.0 Å². The van der Waals surface area contributed by atoms with E-state index in [0.717, 1.165) is 25.2 Å². The number of carbonyl (C=O) groups is 1. The highest BCUT2D eigenvalue weighted by Gasteiger charge is 2.24. The van der Waals surface area contributed by atoms with E-state index < -0.39 is 0 Å². The number of nitrogens with one attached hydrogen (secondary N) is 2. The van der Waals surface area contributed by atoms with Crippen LogP contribution in [0.25, 0.3) is 0 Å². The Hall–Kier alpha value is -0.730. The summed E-state index contributed by atoms with van der Waals surface area (Å²) in [5, 5.41) is 6.08. The van der Waals surface area contributed by atoms with Gasteiger partial charge in [0.2, 0.25) is 0 Å². The van der Waals surface area contributed by atoms with Gasteiger partial charge in [-0.3, -0.25) is 0 Å². The molecule has 0 aromatic heterocycles. The fourth-order valence-electron chi connectivity index (χ4n) is 2.43. The van der Waals surface area contributed by atoms with E-state index in [4.69, 9.17) is 0 Å². The maximum absolute atomic E-state index is 11.6. The van der Waals surface area contributed by atoms with Crippen molar-refractivity contribution < 1.29 is 4.79 Å². The lowest BCUT2D eigenvalue weighted by Gasteiger charge is -2.17. The van der Waals surface area contributed by atoms with E-state index in [1.165, 1.54) is 25.7 Å². The predicted octanol–water partition coefficient (Wildman–Crippen LogP) is 2.42. The minimum Gasteiger partial charge on any atom is -0.336 e. The molecule has 1 atom stereocenters. The molecule has 15 heavy (non-hydrogen) atoms. The van der Waals surface area contributed by atoms with Crippen molar-refractivity contribution in [3.05, 3.63) is 0 Å². The molecular weight excluding hydrogens is 188 g/mol. The van der Waals surface area contributed by atoms with Crippen molar-refractivity contribution in [3.63, 3.8) is 0 Å². The Morgan fingerprint density at radius 3 is 2.53 bits per heavy atom. The maximum Gasteiger partial charge on any atom is 0.315 e. The van der Waals surface area contributed by atoms with Crippen molar-refractivity contribution in [2.24, 2.45) is 5.92 Å². The molecule has 3 nitrogen and oxygen atoms in total. The largest absolute Gasteiger partial charge is 0.336 e. The summed E-state index contributed by atoms with van der Waals surface area (Å²) in [5.74, 6) is 0.881. The van der Waals surface area contributed by atoms with Crippen LogP contribution in [0.15, 0.2) is 0 Å². The molecule has 2 aliphatic carbocycles. The summed E-state index contributed by atoms with van der Waals surface area (Å²) in [6.45, 7) is 2.10. The summed E-state index contributed by atoms with van der Waals surface area (Å²) < 4.78 is 0. The van der Waals surface area contributed by atoms with Crippen LogP contribution in [-0.4, -0.2) is 18.1 Å². The molecule has 0 bridgehead atoms. The number of urea groups is 1. The van der Waals surface area contributed by atoms with Gasteiger partial charge in [0.15, 0.2) is 0 Å². The fraction of sp³-hybridized carbons (Fsp3) is 0.917. The highest BCUT2D eigenvalue weighted by Crippen LogP contribution is 2.33. The molecule has 3 heteroatoms. The van der Waals surface area contributed by atoms with Crippen LogP contribution in [0.4, 0.5) is 4.79 Å². The van der Waals surface area contributed by atoms with Crippen molar-refractivity contribution in [1.82, 2.24) is 10.6 Å². The van der Waals surface area contributed by atoms with Gasteiger partial charge in [-0.25, -0.2) is 4.79 Å². The SMILES string of the molecule is CC(CC1CC1)NC(=O)NC1CCCC1. The molecule has 2 aliphatic rings. The highest BCUT2D eigenvalue weighted by molar-refractivity contribution is 5.74. The molecule has 0 heterocycles. The van der Waals surface area contributed by atoms with Crippen LogP contribution in [0.5, 0.6) is 0 Å². The lowest BCUT2D eigenvalue weighted by atomic mass is 10.2. The van der Waals surface area contributed by atoms with Crippen molar-refractivity contribution >= 4 is 6.03 Å². The van der Waals surface area contributed by atoms with Crippen molar-refractivity contribution in [1.29, 1.82) is 0 Å². The first-order valence-electron chi connectivity index (χ1n) is 6.31. The molecule has 0 radical (unpaired) electrons. The average molecular weight is 210 g/mol. The van der Waals surface area contributed by atoms with E-state index >= 15 is 0 Å². The van der Waals surface area contributed by atoms with E-state index in [-0.39, 0.29) is 6.03 Å². The Kier molecular flexibility index (Phi) is 3.49. The molecule has 2 fully saturated rings. The molecule has 2 amide bonds. The van der Waals surface area contributed by atoms with E-state index in [2.05, 4.69) is 17.6 Å². The summed E-state index contributed by atoms with van der Waals surface area (Å²) in [6.07, 6.45) is 8.71. The second-order valence-corrected chi connectivity index (χ2v) is 5.18. The van der Waals surface area contributed by atoms with Gasteiger partial charge in [-0.05, 0) is 32.1 Å². The Morgan fingerprint density at radius 2 is 1.93 bits per heavy atom. The van der Waals surface area contributed by atoms with Gasteiger partial charge in [0, 0.05) is 12.1 Å². The summed E-state index contributed by atoms with van der Waals surface area (Å²) in [6, 6.07) is 0.798. The smallest absolute Gasteiger partial charge is 0.315 e. The average Bonchev–Trinajstić information content (AvgIpc) is 2.80. The van der Waals surface area contributed by atoms with Gasteiger partial charge in [-0.2, -0.15) is 0 Å². The standard InChI is InChI=1S/C12H22N2O/c1-9(8-10-6-7-10)13-12(15)14-11-4-2-3-5-11/h9-11H,2-8H2,1H3,(H2,13,14,15). The molecule has 0 aromatic carbocycles. The first-order chi connectivity index (χ1) is 7.24. The van der Waals surface area contributed by atoms with Crippen LogP contribution in [-0.2, 0) is 0 Å². The molecular formula is C12H22N2O. The normalized spacial score (nSPS) is 23.8. The lowest BCUT2D eigenvalue weighted by Crippen LogP contribution is -2.44. The fourth-order valence-corrected chi connectivity index (χ4v) is 2.43. The Balaban J connectivity index is 1.61. The Labute approximate surface area is 92.0 Å². The number of carbonyl (C=O) groups excluding carboxylic acids is 1. The quantitative estimate of drug-likeness (QED) is 0.735. The van der Waals surface area contributed by atoms with Gasteiger partial charge in [-0.1, -0.05) is 25.7 Å². The van der Waals surface area contributed by atoms with Gasteiger partial charge in [-0.15, -0.1) is 0 Å². The lowest BCUT2D eigenvalue weighted by molar-refractivity contribution is 0.233. The van der Waals surface area contributed by atoms with Crippen LogP contribution >= 0.6 is 0 Å². The van der Waals surface area contributed by atoms with Crippen LogP contribution in [0.3, 0.4) is 0 Å². The summed E-state index contributed by atoms with van der Waals surface area (Å²) in [7, 11) is 0. The molecule has 2 rings (SSSR count). The predicted molar refractivity (Wildman–Crippen MR) is 60.7 cm³/mol. The first-order valence-corrected chi connectivity index (χ1v) is 6.31. The van der Waals surface area contributed by atoms with Crippen LogP contribution in [0.2, 0.25) is 0 Å². The van der Waals surface area contributed by atoms with E-state index in [1.54, 1.807) is 0 Å². The van der Waals surface area contributed by atoms with Gasteiger partial charge in [0.05, 0.1) is 0 Å². The van der Waals surface area contributed by atoms with Crippen LogP contribution in [0.1, 0.15) is 51.9 Å². The minimum absolute atomic E-state index is 0.0371. The molecule has 0 saturated heterocycles. The van der Waals surface area contributed by atoms with E-state index in [9.17, 15) is 4.79 Å². The zero-order valence-corrected chi connectivity index (χ0v) is 9.59. The number of hydrogen-bond acceptors (Lipinski definition) is 1. The Morgan fingerprint density at radius 1 is 1.27 bits per heavy atom. The molecule has 0 spiro atoms. The van der Waals surface area contributed by atoms with Crippen molar-refractivity contribution in [2.75, 3.05) is 0 Å². The number of rotatable bonds is 4. The Bertz CT molecular complexity index is 220. The summed E-state index contributed by atoms with van der Waals surface area (Å²) >= 11 is 0. The van der Waals surface area contributed by atoms with Crippen LogP contribution < -0.4 is 10.6 Å². The van der Waals surface area contributed by atoms with E-state index in [1.807, 2.05) is 0 Å². The van der Waals surface area contributed by atoms with Gasteiger partial charge in [0.25, 0.3) is 0 Å². The van der Waals surface area contributed by atoms with E-state index in [0.29, 0.717) is 12.1 Å². The first kappa shape index (κ1) is 10.8. The second-order valence-electron chi connectivity index (χ2n) is 5.18. The van der Waals surface area contributed by atoms with Gasteiger partial charge < -0.3 is 10.6 Å². The van der Waals surface area contributed by atoms with Crippen molar-refractivity contribution in [3.8, 4) is 0 Å². The zero-order chi connectivity index (χ0) is 10.7. The highest BCUT2D eigenvalue weighted by atomic mass is 16.2. The summed E-state index contributed by atoms with van der Waals surface area (Å²) in [4.78, 5) is 11.6. The van der Waals surface area contributed by atoms with Gasteiger partial charge >= 0.3 is 6.03 Å². The third kappa shape index (κ3) is 3.73. The monoisotopic (exact) mass is 210 g/mol. The molecule has 86 valence electrons. The third-order valence-corrected chi connectivity index (χ3v) is 3.45. The van der Waals surface area contributed by atoms with Gasteiger partial charge in [0.1, 0.15) is 0 Å². The topological polar surface area (TPSA) is 41.1 Å². The molecule has 0 aliphatic heterocycles. The maximum atomic E-state index is 11.6. The second kappa shape index (κ2) is 4.86. The summed E-state index contributed by atoms with van der Waals surface area (Å²) in [5.41, 5.74) is 0. The molecule has 2 saturated carbocycles. The zero-order valence-electron chi connectivity index (χ0n) is 9.59. The number of amides is 2. The molecule has 0 aromatic rings. The van der Waals surface area contributed by atoms with Crippen LogP contribution in [0, 0.1) is 5.92 Å². The minimum atomic E-state index is 0.0371.